The minimum atomic E-state index is -3.60. The van der Waals surface area contributed by atoms with Crippen molar-refractivity contribution in [2.24, 2.45) is 5.14 Å². The fraction of sp³-hybridized carbons (Fsp3) is 0.250. The Morgan fingerprint density at radius 2 is 2.00 bits per heavy atom. The first kappa shape index (κ1) is 13.7. The molecule has 19 heavy (non-hydrogen) atoms. The smallest absolute Gasteiger partial charge is 0.238 e. The predicted molar refractivity (Wildman–Crippen MR) is 71.8 cm³/mol. The molecule has 7 heteroatoms. The van der Waals surface area contributed by atoms with Gasteiger partial charge in [-0.3, -0.25) is 0 Å². The number of nitrogens with one attached hydrogen (secondary N) is 2. The van der Waals surface area contributed by atoms with E-state index in [0.717, 1.165) is 30.8 Å². The van der Waals surface area contributed by atoms with Crippen LogP contribution < -0.4 is 10.5 Å². The van der Waals surface area contributed by atoms with E-state index in [2.05, 4.69) is 15.3 Å². The molecule has 0 aliphatic heterocycles. The molecule has 0 saturated carbocycles. The molecule has 4 N–H and O–H groups in total. The molecule has 0 fully saturated rings. The number of H-pyrrole nitrogens is 1. The van der Waals surface area contributed by atoms with E-state index in [9.17, 15) is 8.42 Å². The Bertz CT molecular complexity index is 606. The molecule has 0 aliphatic carbocycles. The van der Waals surface area contributed by atoms with Gasteiger partial charge in [-0.15, -0.1) is 0 Å². The summed E-state index contributed by atoms with van der Waals surface area (Å²) in [5.41, 5.74) is 2.09. The first-order valence-electron chi connectivity index (χ1n) is 5.85. The maximum absolute atomic E-state index is 11.1. The zero-order valence-corrected chi connectivity index (χ0v) is 11.2. The van der Waals surface area contributed by atoms with Crippen LogP contribution in [-0.4, -0.2) is 24.9 Å². The summed E-state index contributed by atoms with van der Waals surface area (Å²) in [5.74, 6) is 0. The van der Waals surface area contributed by atoms with Gasteiger partial charge in [-0.2, -0.15) is 0 Å². The van der Waals surface area contributed by atoms with Crippen LogP contribution in [0.25, 0.3) is 0 Å². The van der Waals surface area contributed by atoms with Crippen molar-refractivity contribution >= 4 is 10.0 Å². The Balaban J connectivity index is 1.80. The molecular weight excluding hydrogens is 264 g/mol. The van der Waals surface area contributed by atoms with E-state index in [-0.39, 0.29) is 4.90 Å². The third kappa shape index (κ3) is 4.16. The molecule has 2 aromatic rings. The molecule has 0 aliphatic rings. The van der Waals surface area contributed by atoms with Crippen molar-refractivity contribution in [2.45, 2.75) is 17.9 Å². The lowest BCUT2D eigenvalue weighted by molar-refractivity contribution is 0.597. The maximum Gasteiger partial charge on any atom is 0.238 e. The van der Waals surface area contributed by atoms with Gasteiger partial charge in [0.1, 0.15) is 0 Å². The van der Waals surface area contributed by atoms with Crippen LogP contribution in [0.15, 0.2) is 41.7 Å². The Morgan fingerprint density at radius 3 is 2.58 bits per heavy atom. The lowest BCUT2D eigenvalue weighted by Gasteiger charge is -2.04. The fourth-order valence-corrected chi connectivity index (χ4v) is 2.20. The van der Waals surface area contributed by atoms with Gasteiger partial charge in [-0.25, -0.2) is 18.5 Å². The molecule has 2 rings (SSSR count). The van der Waals surface area contributed by atoms with Crippen LogP contribution in [0.1, 0.15) is 11.3 Å². The van der Waals surface area contributed by atoms with Gasteiger partial charge in [-0.1, -0.05) is 12.1 Å². The summed E-state index contributed by atoms with van der Waals surface area (Å²) in [6.45, 7) is 1.53. The summed E-state index contributed by atoms with van der Waals surface area (Å²) in [7, 11) is -3.60. The molecule has 0 spiro atoms. The van der Waals surface area contributed by atoms with E-state index in [1.165, 1.54) is 12.1 Å². The Labute approximate surface area is 112 Å². The second kappa shape index (κ2) is 5.96. The number of aromatic amines is 1. The molecule has 1 heterocycles. The minimum Gasteiger partial charge on any atom is -0.347 e. The third-order valence-corrected chi connectivity index (χ3v) is 3.64. The van der Waals surface area contributed by atoms with E-state index in [1.54, 1.807) is 24.7 Å². The summed E-state index contributed by atoms with van der Waals surface area (Å²) in [6, 6.07) is 6.61. The van der Waals surface area contributed by atoms with E-state index < -0.39 is 10.0 Å². The lowest BCUT2D eigenvalue weighted by atomic mass is 10.1. The summed E-state index contributed by atoms with van der Waals surface area (Å²) in [6.07, 6.45) is 4.23. The van der Waals surface area contributed by atoms with Crippen molar-refractivity contribution in [1.82, 2.24) is 15.3 Å². The molecule has 0 atom stereocenters. The van der Waals surface area contributed by atoms with Gasteiger partial charge < -0.3 is 10.3 Å². The first-order chi connectivity index (χ1) is 9.05. The van der Waals surface area contributed by atoms with Crippen LogP contribution >= 0.6 is 0 Å². The number of hydrogen-bond acceptors (Lipinski definition) is 4. The third-order valence-electron chi connectivity index (χ3n) is 2.71. The molecule has 1 aromatic heterocycles. The van der Waals surface area contributed by atoms with Crippen LogP contribution in [0.3, 0.4) is 0 Å². The van der Waals surface area contributed by atoms with Crippen molar-refractivity contribution in [3.05, 3.63) is 48.0 Å². The number of hydrogen-bond donors (Lipinski definition) is 3. The van der Waals surface area contributed by atoms with Crippen LogP contribution in [0.2, 0.25) is 0 Å². The van der Waals surface area contributed by atoms with E-state index in [4.69, 9.17) is 5.14 Å². The normalized spacial score (nSPS) is 11.6. The van der Waals surface area contributed by atoms with Gasteiger partial charge in [0.25, 0.3) is 0 Å². The number of nitrogens with two attached hydrogens (primary N) is 1. The fourth-order valence-electron chi connectivity index (χ4n) is 1.68. The van der Waals surface area contributed by atoms with Crippen molar-refractivity contribution < 1.29 is 8.42 Å². The standard InChI is InChI=1S/C12H16N4O2S/c13-19(17,18)12-3-1-10(2-4-12)5-6-14-7-11-8-15-9-16-11/h1-4,8-9,14H,5-7H2,(H,15,16)(H2,13,17,18). The van der Waals surface area contributed by atoms with E-state index >= 15 is 0 Å². The number of aromatic nitrogens is 2. The first-order valence-corrected chi connectivity index (χ1v) is 7.40. The number of rotatable bonds is 6. The number of sulfonamides is 1. The van der Waals surface area contributed by atoms with Crippen molar-refractivity contribution in [3.8, 4) is 0 Å². The molecule has 0 saturated heterocycles. The number of benzene rings is 1. The zero-order chi connectivity index (χ0) is 13.7. The average Bonchev–Trinajstić information content (AvgIpc) is 2.87. The van der Waals surface area contributed by atoms with Gasteiger partial charge in [0.05, 0.1) is 11.2 Å². The minimum absolute atomic E-state index is 0.140. The number of primary sulfonamides is 1. The maximum atomic E-state index is 11.1. The highest BCUT2D eigenvalue weighted by Crippen LogP contribution is 2.08. The monoisotopic (exact) mass is 280 g/mol. The van der Waals surface area contributed by atoms with Crippen molar-refractivity contribution in [2.75, 3.05) is 6.54 Å². The molecule has 0 radical (unpaired) electrons. The average molecular weight is 280 g/mol. The van der Waals surface area contributed by atoms with E-state index in [1.807, 2.05) is 0 Å². The van der Waals surface area contributed by atoms with Gasteiger partial charge in [-0.05, 0) is 30.7 Å². The number of nitrogens with zero attached hydrogens (tertiary/aromatic N) is 1. The molecule has 0 unspecified atom stereocenters. The SMILES string of the molecule is NS(=O)(=O)c1ccc(CCNCc2cnc[nH]2)cc1. The predicted octanol–water partition coefficient (Wildman–Crippen LogP) is 0.389. The largest absolute Gasteiger partial charge is 0.347 e. The Morgan fingerprint density at radius 1 is 1.26 bits per heavy atom. The topological polar surface area (TPSA) is 101 Å². The lowest BCUT2D eigenvalue weighted by Crippen LogP contribution is -2.17. The van der Waals surface area contributed by atoms with Gasteiger partial charge >= 0.3 is 0 Å². The molecule has 0 amide bonds. The second-order valence-corrected chi connectivity index (χ2v) is 5.75. The highest BCUT2D eigenvalue weighted by atomic mass is 32.2. The van der Waals surface area contributed by atoms with Gasteiger partial charge in [0.15, 0.2) is 0 Å². The summed E-state index contributed by atoms with van der Waals surface area (Å²) >= 11 is 0. The second-order valence-electron chi connectivity index (χ2n) is 4.19. The Kier molecular flexibility index (Phi) is 4.31. The van der Waals surface area contributed by atoms with Crippen molar-refractivity contribution in [3.63, 3.8) is 0 Å². The van der Waals surface area contributed by atoms with Crippen LogP contribution in [0, 0.1) is 0 Å². The summed E-state index contributed by atoms with van der Waals surface area (Å²) < 4.78 is 22.2. The van der Waals surface area contributed by atoms with Crippen LogP contribution in [0.4, 0.5) is 0 Å². The zero-order valence-electron chi connectivity index (χ0n) is 10.3. The Hall–Kier alpha value is -1.70. The van der Waals surface area contributed by atoms with Crippen LogP contribution in [-0.2, 0) is 23.0 Å². The number of imidazole rings is 1. The summed E-state index contributed by atoms with van der Waals surface area (Å²) in [4.78, 5) is 7.07. The molecular formula is C12H16N4O2S. The van der Waals surface area contributed by atoms with Crippen molar-refractivity contribution in [1.29, 1.82) is 0 Å². The highest BCUT2D eigenvalue weighted by molar-refractivity contribution is 7.89. The molecule has 102 valence electrons. The van der Waals surface area contributed by atoms with Crippen LogP contribution in [0.5, 0.6) is 0 Å². The van der Waals surface area contributed by atoms with Gasteiger partial charge in [0.2, 0.25) is 10.0 Å². The molecule has 6 nitrogen and oxygen atoms in total. The van der Waals surface area contributed by atoms with E-state index in [0.29, 0.717) is 0 Å². The molecule has 0 bridgehead atoms. The summed E-state index contributed by atoms with van der Waals surface area (Å²) in [5, 5.41) is 8.30. The van der Waals surface area contributed by atoms with Gasteiger partial charge in [0, 0.05) is 18.4 Å². The highest BCUT2D eigenvalue weighted by Gasteiger charge is 2.06. The molecule has 1 aromatic carbocycles. The quantitative estimate of drug-likeness (QED) is 0.666.